The minimum atomic E-state index is -3.70. The van der Waals surface area contributed by atoms with Gasteiger partial charge < -0.3 is 4.74 Å². The first kappa shape index (κ1) is 15.0. The quantitative estimate of drug-likeness (QED) is 0.889. The monoisotopic (exact) mass is 356 g/mol. The Kier molecular flexibility index (Phi) is 4.74. The van der Waals surface area contributed by atoms with Crippen molar-refractivity contribution in [3.8, 4) is 5.75 Å². The van der Waals surface area contributed by atoms with Gasteiger partial charge in [0, 0.05) is 18.3 Å². The predicted octanol–water partition coefficient (Wildman–Crippen LogP) is 2.11. The van der Waals surface area contributed by atoms with Gasteiger partial charge in [0.25, 0.3) is 0 Å². The van der Waals surface area contributed by atoms with Crippen molar-refractivity contribution in [2.45, 2.75) is 11.3 Å². The van der Waals surface area contributed by atoms with E-state index in [4.69, 9.17) is 9.88 Å². The van der Waals surface area contributed by atoms with Crippen molar-refractivity contribution < 1.29 is 13.2 Å². The Balaban J connectivity index is 2.00. The Morgan fingerprint density at radius 3 is 2.65 bits per heavy atom. The lowest BCUT2D eigenvalue weighted by Gasteiger charge is -2.09. The molecule has 0 fully saturated rings. The van der Waals surface area contributed by atoms with Gasteiger partial charge in [0.05, 0.1) is 16.0 Å². The molecule has 0 atom stereocenters. The lowest BCUT2D eigenvalue weighted by molar-refractivity contribution is 0.318. The number of benzene rings is 1. The Bertz CT molecular complexity index is 690. The summed E-state index contributed by atoms with van der Waals surface area (Å²) in [5.41, 5.74) is 0.935. The Labute approximate surface area is 126 Å². The SMILES string of the molecule is NS(=O)(=O)c1ccc(OCCc2ccccn2)c(Br)c1. The fraction of sp³-hybridized carbons (Fsp3) is 0.154. The normalized spacial score (nSPS) is 11.3. The molecule has 0 bridgehead atoms. The predicted molar refractivity (Wildman–Crippen MR) is 79.0 cm³/mol. The van der Waals surface area contributed by atoms with Gasteiger partial charge in [0.15, 0.2) is 0 Å². The number of rotatable bonds is 5. The summed E-state index contributed by atoms with van der Waals surface area (Å²) < 4.78 is 28.5. The van der Waals surface area contributed by atoms with E-state index in [1.165, 1.54) is 12.1 Å². The molecule has 0 aliphatic heterocycles. The summed E-state index contributed by atoms with van der Waals surface area (Å²) in [5.74, 6) is 0.563. The van der Waals surface area contributed by atoms with Gasteiger partial charge in [-0.2, -0.15) is 0 Å². The summed E-state index contributed by atoms with van der Waals surface area (Å²) in [7, 11) is -3.70. The van der Waals surface area contributed by atoms with E-state index < -0.39 is 10.0 Å². The van der Waals surface area contributed by atoms with Gasteiger partial charge in [0.1, 0.15) is 5.75 Å². The van der Waals surface area contributed by atoms with E-state index in [0.29, 0.717) is 23.2 Å². The fourth-order valence-electron chi connectivity index (χ4n) is 1.59. The number of halogens is 1. The number of hydrogen-bond acceptors (Lipinski definition) is 4. The maximum atomic E-state index is 11.2. The molecule has 1 heterocycles. The van der Waals surface area contributed by atoms with Gasteiger partial charge in [-0.05, 0) is 46.3 Å². The molecule has 106 valence electrons. The summed E-state index contributed by atoms with van der Waals surface area (Å²) in [6, 6.07) is 10.1. The van der Waals surface area contributed by atoms with Crippen LogP contribution in [-0.2, 0) is 16.4 Å². The smallest absolute Gasteiger partial charge is 0.238 e. The molecular formula is C13H13BrN2O3S. The molecule has 0 saturated carbocycles. The molecular weight excluding hydrogens is 344 g/mol. The first-order chi connectivity index (χ1) is 9.47. The van der Waals surface area contributed by atoms with Crippen molar-refractivity contribution in [1.82, 2.24) is 4.98 Å². The Hall–Kier alpha value is -1.44. The first-order valence-electron chi connectivity index (χ1n) is 5.82. The van der Waals surface area contributed by atoms with Gasteiger partial charge >= 0.3 is 0 Å². The molecule has 5 nitrogen and oxygen atoms in total. The third-order valence-electron chi connectivity index (χ3n) is 2.57. The third kappa shape index (κ3) is 4.03. The number of nitrogens with zero attached hydrogens (tertiary/aromatic N) is 1. The van der Waals surface area contributed by atoms with E-state index in [-0.39, 0.29) is 4.90 Å². The van der Waals surface area contributed by atoms with E-state index in [0.717, 1.165) is 5.69 Å². The van der Waals surface area contributed by atoms with Crippen LogP contribution >= 0.6 is 15.9 Å². The standard InChI is InChI=1S/C13H13BrN2O3S/c14-12-9-11(20(15,17)18)4-5-13(12)19-8-6-10-3-1-2-7-16-10/h1-5,7,9H,6,8H2,(H2,15,17,18). The zero-order chi connectivity index (χ0) is 14.6. The van der Waals surface area contributed by atoms with Crippen LogP contribution in [0.15, 0.2) is 52.0 Å². The molecule has 1 aromatic carbocycles. The molecule has 0 saturated heterocycles. The molecule has 2 aromatic rings. The van der Waals surface area contributed by atoms with Gasteiger partial charge in [-0.3, -0.25) is 4.98 Å². The van der Waals surface area contributed by atoms with E-state index in [1.54, 1.807) is 12.3 Å². The number of sulfonamides is 1. The van der Waals surface area contributed by atoms with Crippen LogP contribution in [0.4, 0.5) is 0 Å². The minimum absolute atomic E-state index is 0.0430. The van der Waals surface area contributed by atoms with Crippen LogP contribution < -0.4 is 9.88 Å². The Morgan fingerprint density at radius 1 is 1.25 bits per heavy atom. The molecule has 0 unspecified atom stereocenters. The first-order valence-corrected chi connectivity index (χ1v) is 8.16. The number of ether oxygens (including phenoxy) is 1. The second-order valence-electron chi connectivity index (χ2n) is 4.06. The lowest BCUT2D eigenvalue weighted by atomic mass is 10.3. The molecule has 0 aliphatic rings. The number of primary sulfonamides is 1. The highest BCUT2D eigenvalue weighted by Gasteiger charge is 2.10. The van der Waals surface area contributed by atoms with Crippen LogP contribution in [0, 0.1) is 0 Å². The lowest BCUT2D eigenvalue weighted by Crippen LogP contribution is -2.12. The number of hydrogen-bond donors (Lipinski definition) is 1. The molecule has 2 N–H and O–H groups in total. The average molecular weight is 357 g/mol. The zero-order valence-corrected chi connectivity index (χ0v) is 12.9. The summed E-state index contributed by atoms with van der Waals surface area (Å²) in [5, 5.41) is 5.05. The second-order valence-corrected chi connectivity index (χ2v) is 6.47. The van der Waals surface area contributed by atoms with Crippen LogP contribution in [0.1, 0.15) is 5.69 Å². The molecule has 20 heavy (non-hydrogen) atoms. The average Bonchev–Trinajstić information content (AvgIpc) is 2.40. The summed E-state index contributed by atoms with van der Waals surface area (Å²) in [4.78, 5) is 4.23. The van der Waals surface area contributed by atoms with E-state index in [2.05, 4.69) is 20.9 Å². The molecule has 0 radical (unpaired) electrons. The maximum absolute atomic E-state index is 11.2. The van der Waals surface area contributed by atoms with Crippen LogP contribution in [0.5, 0.6) is 5.75 Å². The van der Waals surface area contributed by atoms with Crippen molar-refractivity contribution in [2.75, 3.05) is 6.61 Å². The van der Waals surface area contributed by atoms with Gasteiger partial charge in [-0.15, -0.1) is 0 Å². The van der Waals surface area contributed by atoms with Crippen molar-refractivity contribution in [2.24, 2.45) is 5.14 Å². The molecule has 0 amide bonds. The maximum Gasteiger partial charge on any atom is 0.238 e. The molecule has 0 spiro atoms. The van der Waals surface area contributed by atoms with E-state index in [1.807, 2.05) is 18.2 Å². The molecule has 0 aliphatic carbocycles. The zero-order valence-electron chi connectivity index (χ0n) is 10.5. The number of aromatic nitrogens is 1. The van der Waals surface area contributed by atoms with Crippen molar-refractivity contribution in [3.63, 3.8) is 0 Å². The van der Waals surface area contributed by atoms with Crippen LogP contribution in [0.2, 0.25) is 0 Å². The van der Waals surface area contributed by atoms with Gasteiger partial charge in [-0.25, -0.2) is 13.6 Å². The van der Waals surface area contributed by atoms with Crippen molar-refractivity contribution >= 4 is 26.0 Å². The van der Waals surface area contributed by atoms with Crippen molar-refractivity contribution in [3.05, 3.63) is 52.8 Å². The number of pyridine rings is 1. The summed E-state index contributed by atoms with van der Waals surface area (Å²) in [6.45, 7) is 0.449. The van der Waals surface area contributed by atoms with E-state index >= 15 is 0 Å². The van der Waals surface area contributed by atoms with Crippen LogP contribution in [-0.4, -0.2) is 20.0 Å². The van der Waals surface area contributed by atoms with Gasteiger partial charge in [0.2, 0.25) is 10.0 Å². The molecule has 1 aromatic heterocycles. The number of nitrogens with two attached hydrogens (primary N) is 1. The van der Waals surface area contributed by atoms with Crippen LogP contribution in [0.25, 0.3) is 0 Å². The second kappa shape index (κ2) is 6.34. The highest BCUT2D eigenvalue weighted by Crippen LogP contribution is 2.27. The van der Waals surface area contributed by atoms with Crippen LogP contribution in [0.3, 0.4) is 0 Å². The van der Waals surface area contributed by atoms with E-state index in [9.17, 15) is 8.42 Å². The topological polar surface area (TPSA) is 82.3 Å². The highest BCUT2D eigenvalue weighted by molar-refractivity contribution is 9.10. The Morgan fingerprint density at radius 2 is 2.05 bits per heavy atom. The largest absolute Gasteiger partial charge is 0.492 e. The van der Waals surface area contributed by atoms with Crippen molar-refractivity contribution in [1.29, 1.82) is 0 Å². The fourth-order valence-corrected chi connectivity index (χ4v) is 2.77. The summed E-state index contributed by atoms with van der Waals surface area (Å²) in [6.07, 6.45) is 2.40. The summed E-state index contributed by atoms with van der Waals surface area (Å²) >= 11 is 3.27. The molecule has 2 rings (SSSR count). The highest BCUT2D eigenvalue weighted by atomic mass is 79.9. The van der Waals surface area contributed by atoms with Gasteiger partial charge in [-0.1, -0.05) is 6.07 Å². The third-order valence-corrected chi connectivity index (χ3v) is 4.10. The minimum Gasteiger partial charge on any atom is -0.492 e. The molecule has 7 heteroatoms.